The average molecular weight is 307 g/mol. The monoisotopic (exact) mass is 307 g/mol. The van der Waals surface area contributed by atoms with Gasteiger partial charge in [-0.2, -0.15) is 0 Å². The molecule has 3 amide bonds. The molecule has 2 fully saturated rings. The zero-order valence-electron chi connectivity index (χ0n) is 11.1. The van der Waals surface area contributed by atoms with Gasteiger partial charge in [0, 0.05) is 19.3 Å². The SMILES string of the molecule is O=C(COc1cccnc1)N1CC(N2C(=O)CSC2=O)C1. The number of pyridine rings is 1. The maximum atomic E-state index is 11.9. The first-order chi connectivity index (χ1) is 10.1. The van der Waals surface area contributed by atoms with Gasteiger partial charge in [-0.1, -0.05) is 11.8 Å². The lowest BCUT2D eigenvalue weighted by atomic mass is 10.1. The van der Waals surface area contributed by atoms with Crippen molar-refractivity contribution in [3.8, 4) is 5.75 Å². The molecule has 3 rings (SSSR count). The van der Waals surface area contributed by atoms with Gasteiger partial charge in [0.1, 0.15) is 5.75 Å². The molecule has 1 aromatic rings. The van der Waals surface area contributed by atoms with E-state index in [0.29, 0.717) is 18.8 Å². The first-order valence-corrected chi connectivity index (χ1v) is 7.43. The number of imide groups is 1. The minimum Gasteiger partial charge on any atom is -0.482 e. The highest BCUT2D eigenvalue weighted by Gasteiger charge is 2.43. The lowest BCUT2D eigenvalue weighted by molar-refractivity contribution is -0.143. The van der Waals surface area contributed by atoms with E-state index in [4.69, 9.17) is 4.74 Å². The van der Waals surface area contributed by atoms with Crippen molar-refractivity contribution in [2.24, 2.45) is 0 Å². The summed E-state index contributed by atoms with van der Waals surface area (Å²) in [5, 5.41) is -0.219. The lowest BCUT2D eigenvalue weighted by Crippen LogP contribution is -2.62. The number of thioether (sulfide) groups is 1. The van der Waals surface area contributed by atoms with E-state index in [0.717, 1.165) is 11.8 Å². The highest BCUT2D eigenvalue weighted by molar-refractivity contribution is 8.14. The van der Waals surface area contributed by atoms with Crippen molar-refractivity contribution in [1.82, 2.24) is 14.8 Å². The van der Waals surface area contributed by atoms with Gasteiger partial charge in [0.2, 0.25) is 5.91 Å². The van der Waals surface area contributed by atoms with Crippen LogP contribution < -0.4 is 4.74 Å². The van der Waals surface area contributed by atoms with Gasteiger partial charge in [0.25, 0.3) is 11.1 Å². The van der Waals surface area contributed by atoms with Gasteiger partial charge in [-0.25, -0.2) is 0 Å². The smallest absolute Gasteiger partial charge is 0.289 e. The van der Waals surface area contributed by atoms with E-state index in [2.05, 4.69) is 4.98 Å². The number of amides is 3. The van der Waals surface area contributed by atoms with E-state index in [1.165, 1.54) is 11.1 Å². The largest absolute Gasteiger partial charge is 0.482 e. The van der Waals surface area contributed by atoms with Gasteiger partial charge < -0.3 is 9.64 Å². The molecule has 0 bridgehead atoms. The van der Waals surface area contributed by atoms with E-state index >= 15 is 0 Å². The van der Waals surface area contributed by atoms with Crippen LogP contribution in [0.15, 0.2) is 24.5 Å². The number of carbonyl (C=O) groups excluding carboxylic acids is 3. The molecule has 3 heterocycles. The Bertz CT molecular complexity index is 558. The van der Waals surface area contributed by atoms with Crippen LogP contribution in [0.3, 0.4) is 0 Å². The van der Waals surface area contributed by atoms with Crippen LogP contribution in [-0.2, 0) is 9.59 Å². The van der Waals surface area contributed by atoms with Gasteiger partial charge in [-0.15, -0.1) is 0 Å². The highest BCUT2D eigenvalue weighted by atomic mass is 32.2. The molecule has 0 saturated carbocycles. The van der Waals surface area contributed by atoms with Crippen LogP contribution in [-0.4, -0.2) is 63.3 Å². The Hall–Kier alpha value is -2.09. The molecule has 8 heteroatoms. The number of hydrogen-bond acceptors (Lipinski definition) is 6. The third-order valence-electron chi connectivity index (χ3n) is 3.36. The maximum absolute atomic E-state index is 11.9. The first kappa shape index (κ1) is 13.9. The summed E-state index contributed by atoms with van der Waals surface area (Å²) in [5.74, 6) is 0.396. The van der Waals surface area contributed by atoms with Crippen LogP contribution in [0.1, 0.15) is 0 Å². The molecule has 2 aliphatic heterocycles. The second-order valence-electron chi connectivity index (χ2n) is 4.75. The first-order valence-electron chi connectivity index (χ1n) is 6.44. The van der Waals surface area contributed by atoms with Crippen LogP contribution in [0.4, 0.5) is 4.79 Å². The highest BCUT2D eigenvalue weighted by Crippen LogP contribution is 2.26. The topological polar surface area (TPSA) is 79.8 Å². The van der Waals surface area contributed by atoms with Crippen molar-refractivity contribution in [2.75, 3.05) is 25.4 Å². The van der Waals surface area contributed by atoms with E-state index < -0.39 is 0 Å². The number of ether oxygens (including phenoxy) is 1. The third kappa shape index (κ3) is 2.85. The summed E-state index contributed by atoms with van der Waals surface area (Å²) in [6, 6.07) is 3.25. The van der Waals surface area contributed by atoms with Crippen molar-refractivity contribution in [3.05, 3.63) is 24.5 Å². The fourth-order valence-corrected chi connectivity index (χ4v) is 2.98. The average Bonchev–Trinajstić information content (AvgIpc) is 2.77. The van der Waals surface area contributed by atoms with E-state index in [1.807, 2.05) is 0 Å². The minimum absolute atomic E-state index is 0.0743. The molecule has 0 aliphatic carbocycles. The van der Waals surface area contributed by atoms with E-state index in [1.54, 1.807) is 23.2 Å². The van der Waals surface area contributed by atoms with Crippen molar-refractivity contribution in [3.63, 3.8) is 0 Å². The second kappa shape index (κ2) is 5.72. The zero-order valence-corrected chi connectivity index (χ0v) is 11.9. The fourth-order valence-electron chi connectivity index (χ4n) is 2.21. The number of aromatic nitrogens is 1. The Kier molecular flexibility index (Phi) is 3.78. The van der Waals surface area contributed by atoms with Crippen molar-refractivity contribution < 1.29 is 19.1 Å². The quantitative estimate of drug-likeness (QED) is 0.799. The van der Waals surface area contributed by atoms with Gasteiger partial charge in [-0.3, -0.25) is 24.3 Å². The summed E-state index contributed by atoms with van der Waals surface area (Å²) < 4.78 is 5.32. The van der Waals surface area contributed by atoms with E-state index in [9.17, 15) is 14.4 Å². The molecule has 0 N–H and O–H groups in total. The van der Waals surface area contributed by atoms with E-state index in [-0.39, 0.29) is 35.5 Å². The Labute approximate surface area is 125 Å². The molecule has 0 spiro atoms. The molecule has 2 aliphatic rings. The van der Waals surface area contributed by atoms with Crippen molar-refractivity contribution in [1.29, 1.82) is 0 Å². The summed E-state index contributed by atoms with van der Waals surface area (Å²) >= 11 is 1.01. The summed E-state index contributed by atoms with van der Waals surface area (Å²) in [6.45, 7) is 0.690. The predicted molar refractivity (Wildman–Crippen MR) is 74.8 cm³/mol. The van der Waals surface area contributed by atoms with Crippen molar-refractivity contribution in [2.45, 2.75) is 6.04 Å². The normalized spacial score (nSPS) is 18.9. The summed E-state index contributed by atoms with van der Waals surface area (Å²) in [4.78, 5) is 41.7. The molecule has 1 aromatic heterocycles. The Balaban J connectivity index is 1.46. The molecule has 21 heavy (non-hydrogen) atoms. The van der Waals surface area contributed by atoms with Crippen LogP contribution in [0.25, 0.3) is 0 Å². The van der Waals surface area contributed by atoms with Gasteiger partial charge in [0.15, 0.2) is 6.61 Å². The molecule has 0 radical (unpaired) electrons. The predicted octanol–water partition coefficient (Wildman–Crippen LogP) is 0.367. The lowest BCUT2D eigenvalue weighted by Gasteiger charge is -2.42. The number of hydrogen-bond donors (Lipinski definition) is 0. The van der Waals surface area contributed by atoms with Crippen molar-refractivity contribution >= 4 is 28.8 Å². The number of nitrogens with zero attached hydrogens (tertiary/aromatic N) is 3. The molecule has 0 unspecified atom stereocenters. The standard InChI is InChI=1S/C13H13N3O4S/c17-11(7-20-10-2-1-3-14-4-10)15-5-9(6-15)16-12(18)8-21-13(16)19/h1-4,9H,5-8H2. The number of likely N-dealkylation sites (tertiary alicyclic amines) is 1. The molecular weight excluding hydrogens is 294 g/mol. The summed E-state index contributed by atoms with van der Waals surface area (Å²) in [5.41, 5.74) is 0. The molecule has 0 atom stereocenters. The van der Waals surface area contributed by atoms with Gasteiger partial charge in [0.05, 0.1) is 18.0 Å². The van der Waals surface area contributed by atoms with Crippen LogP contribution >= 0.6 is 11.8 Å². The molecule has 110 valence electrons. The second-order valence-corrected chi connectivity index (χ2v) is 5.67. The molecular formula is C13H13N3O4S. The fraction of sp³-hybridized carbons (Fsp3) is 0.385. The summed E-state index contributed by atoms with van der Waals surface area (Å²) in [6.07, 6.45) is 3.15. The van der Waals surface area contributed by atoms with Crippen LogP contribution in [0.5, 0.6) is 5.75 Å². The molecule has 0 aromatic carbocycles. The number of rotatable bonds is 4. The molecule has 2 saturated heterocycles. The van der Waals surface area contributed by atoms with Gasteiger partial charge >= 0.3 is 0 Å². The summed E-state index contributed by atoms with van der Waals surface area (Å²) in [7, 11) is 0. The molecule has 7 nitrogen and oxygen atoms in total. The Morgan fingerprint density at radius 1 is 1.43 bits per heavy atom. The zero-order chi connectivity index (χ0) is 14.8. The number of carbonyl (C=O) groups is 3. The third-order valence-corrected chi connectivity index (χ3v) is 4.20. The minimum atomic E-state index is -0.219. The van der Waals surface area contributed by atoms with Crippen LogP contribution in [0.2, 0.25) is 0 Å². The Morgan fingerprint density at radius 3 is 2.86 bits per heavy atom. The Morgan fingerprint density at radius 2 is 2.24 bits per heavy atom. The van der Waals surface area contributed by atoms with Gasteiger partial charge in [-0.05, 0) is 12.1 Å². The maximum Gasteiger partial charge on any atom is 0.289 e. The van der Waals surface area contributed by atoms with Crippen LogP contribution in [0, 0.1) is 0 Å².